The van der Waals surface area contributed by atoms with Gasteiger partial charge in [-0.2, -0.15) is 18.3 Å². The first-order chi connectivity index (χ1) is 21.0. The molecule has 1 amide bonds. The molecule has 2 aromatic carbocycles. The van der Waals surface area contributed by atoms with Crippen molar-refractivity contribution < 1.29 is 22.4 Å². The maximum Gasteiger partial charge on any atom is 0.435 e. The molecule has 0 aliphatic heterocycles. The molecule has 1 aliphatic carbocycles. The molecule has 10 nitrogen and oxygen atoms in total. The van der Waals surface area contributed by atoms with Crippen molar-refractivity contribution in [1.82, 2.24) is 24.3 Å². The SMILES string of the molecule is Nc1nccc2ccc(-n3nc(C(F)(F)F)cc3C(=O)Nc3cc(C(CCC4CC4)n4ccc(=O)[nH]c4=O)ccc3F)cc12. The van der Waals surface area contributed by atoms with Crippen LogP contribution in [0.4, 0.5) is 29.1 Å². The molecule has 1 saturated carbocycles. The lowest BCUT2D eigenvalue weighted by Gasteiger charge is -2.21. The first-order valence-electron chi connectivity index (χ1n) is 13.7. The number of halogens is 4. The normalized spacial score (nSPS) is 14.1. The Morgan fingerprint density at radius 1 is 1.09 bits per heavy atom. The molecule has 0 bridgehead atoms. The number of hydrogen-bond acceptors (Lipinski definition) is 6. The van der Waals surface area contributed by atoms with Gasteiger partial charge in [-0.3, -0.25) is 19.1 Å². The van der Waals surface area contributed by atoms with Crippen molar-refractivity contribution in [3.63, 3.8) is 0 Å². The summed E-state index contributed by atoms with van der Waals surface area (Å²) < 4.78 is 58.3. The van der Waals surface area contributed by atoms with Gasteiger partial charge in [0.25, 0.3) is 11.5 Å². The first kappa shape index (κ1) is 28.8. The molecular formula is C30H25F4N7O3. The zero-order chi connectivity index (χ0) is 31.2. The number of benzene rings is 2. The Hall–Kier alpha value is -5.27. The van der Waals surface area contributed by atoms with Gasteiger partial charge in [-0.1, -0.05) is 25.0 Å². The van der Waals surface area contributed by atoms with Crippen molar-refractivity contribution in [3.05, 3.63) is 111 Å². The second-order valence-electron chi connectivity index (χ2n) is 10.7. The van der Waals surface area contributed by atoms with E-state index in [1.54, 1.807) is 12.1 Å². The van der Waals surface area contributed by atoms with Crippen molar-refractivity contribution in [2.24, 2.45) is 5.92 Å². The van der Waals surface area contributed by atoms with Gasteiger partial charge >= 0.3 is 11.9 Å². The van der Waals surface area contributed by atoms with Gasteiger partial charge in [0.2, 0.25) is 0 Å². The van der Waals surface area contributed by atoms with Crippen LogP contribution in [-0.4, -0.2) is 30.2 Å². The largest absolute Gasteiger partial charge is 0.435 e. The van der Waals surface area contributed by atoms with Gasteiger partial charge in [-0.25, -0.2) is 18.9 Å². The second-order valence-corrected chi connectivity index (χ2v) is 10.7. The van der Waals surface area contributed by atoms with Crippen molar-refractivity contribution in [2.75, 3.05) is 11.1 Å². The summed E-state index contributed by atoms with van der Waals surface area (Å²) in [5, 5.41) is 7.12. The summed E-state index contributed by atoms with van der Waals surface area (Å²) in [6.07, 6.45) is 1.36. The van der Waals surface area contributed by atoms with E-state index in [-0.39, 0.29) is 17.2 Å². The first-order valence-corrected chi connectivity index (χ1v) is 13.7. The van der Waals surface area contributed by atoms with E-state index in [4.69, 9.17) is 5.73 Å². The fraction of sp³-hybridized carbons (Fsp3) is 0.233. The number of anilines is 2. The van der Waals surface area contributed by atoms with Crippen molar-refractivity contribution in [3.8, 4) is 5.69 Å². The Bertz CT molecular complexity index is 2010. The predicted octanol–water partition coefficient (Wildman–Crippen LogP) is 5.04. The summed E-state index contributed by atoms with van der Waals surface area (Å²) in [5.74, 6) is -1.27. The molecular weight excluding hydrogens is 582 g/mol. The van der Waals surface area contributed by atoms with E-state index in [2.05, 4.69) is 20.4 Å². The Kier molecular flexibility index (Phi) is 7.27. The average Bonchev–Trinajstić information content (AvgIpc) is 3.69. The Morgan fingerprint density at radius 3 is 2.61 bits per heavy atom. The van der Waals surface area contributed by atoms with Gasteiger partial charge in [-0.05, 0) is 60.0 Å². The molecule has 0 radical (unpaired) electrons. The van der Waals surface area contributed by atoms with E-state index in [0.717, 1.165) is 30.0 Å². The van der Waals surface area contributed by atoms with Gasteiger partial charge in [0.15, 0.2) is 5.69 Å². The lowest BCUT2D eigenvalue weighted by molar-refractivity contribution is -0.141. The highest BCUT2D eigenvalue weighted by molar-refractivity contribution is 6.04. The van der Waals surface area contributed by atoms with E-state index < -0.39 is 46.6 Å². The number of nitrogens with one attached hydrogen (secondary N) is 2. The van der Waals surface area contributed by atoms with Gasteiger partial charge in [0.05, 0.1) is 17.4 Å². The van der Waals surface area contributed by atoms with Crippen LogP contribution in [-0.2, 0) is 6.18 Å². The number of amides is 1. The number of rotatable bonds is 8. The number of H-pyrrole nitrogens is 1. The fourth-order valence-corrected chi connectivity index (χ4v) is 5.16. The van der Waals surface area contributed by atoms with Crippen LogP contribution in [0.3, 0.4) is 0 Å². The second kappa shape index (κ2) is 11.1. The molecule has 4 N–H and O–H groups in total. The van der Waals surface area contributed by atoms with Crippen LogP contribution < -0.4 is 22.3 Å². The molecule has 0 spiro atoms. The Morgan fingerprint density at radius 2 is 1.89 bits per heavy atom. The number of carbonyl (C=O) groups is 1. The standard InChI is InChI=1S/C30H25F4N7O3/c31-21-7-5-18(23(8-3-16-1-2-16)40-12-10-26(42)38-29(40)44)13-22(21)37-28(43)24-15-25(30(32,33)34)39-41(24)19-6-4-17-9-11-36-27(35)20(17)14-19/h4-7,9-16,23H,1-3,8H2,(H2,35,36)(H,37,43)(H,38,42,44). The number of nitrogen functional groups attached to an aromatic ring is 1. The van der Waals surface area contributed by atoms with Crippen LogP contribution in [0, 0.1) is 11.7 Å². The molecule has 226 valence electrons. The third kappa shape index (κ3) is 5.82. The number of fused-ring (bicyclic) bond motifs is 1. The number of nitrogens with zero attached hydrogens (tertiary/aromatic N) is 4. The summed E-state index contributed by atoms with van der Waals surface area (Å²) in [6, 6.07) is 11.3. The molecule has 44 heavy (non-hydrogen) atoms. The zero-order valence-corrected chi connectivity index (χ0v) is 22.9. The lowest BCUT2D eigenvalue weighted by atomic mass is 9.99. The van der Waals surface area contributed by atoms with Crippen LogP contribution in [0.1, 0.15) is 53.5 Å². The smallest absolute Gasteiger partial charge is 0.383 e. The molecule has 3 heterocycles. The van der Waals surface area contributed by atoms with E-state index in [0.29, 0.717) is 34.7 Å². The molecule has 1 fully saturated rings. The molecule has 1 aliphatic rings. The minimum absolute atomic E-state index is 0.102. The van der Waals surface area contributed by atoms with Crippen LogP contribution in [0.5, 0.6) is 0 Å². The van der Waals surface area contributed by atoms with Gasteiger partial charge in [-0.15, -0.1) is 0 Å². The number of nitrogens with two attached hydrogens (primary N) is 1. The minimum Gasteiger partial charge on any atom is -0.383 e. The van der Waals surface area contributed by atoms with Gasteiger partial charge < -0.3 is 11.1 Å². The van der Waals surface area contributed by atoms with E-state index in [1.807, 2.05) is 0 Å². The lowest BCUT2D eigenvalue weighted by Crippen LogP contribution is -2.32. The monoisotopic (exact) mass is 607 g/mol. The quantitative estimate of drug-likeness (QED) is 0.211. The summed E-state index contributed by atoms with van der Waals surface area (Å²) in [6.45, 7) is 0. The molecule has 14 heteroatoms. The van der Waals surface area contributed by atoms with Crippen molar-refractivity contribution in [1.29, 1.82) is 0 Å². The molecule has 3 aromatic heterocycles. The highest BCUT2D eigenvalue weighted by Gasteiger charge is 2.36. The average molecular weight is 608 g/mol. The van der Waals surface area contributed by atoms with Gasteiger partial charge in [0, 0.05) is 29.9 Å². The molecule has 6 rings (SSSR count). The summed E-state index contributed by atoms with van der Waals surface area (Å²) >= 11 is 0. The molecule has 1 atom stereocenters. The van der Waals surface area contributed by atoms with E-state index >= 15 is 4.39 Å². The van der Waals surface area contributed by atoms with Gasteiger partial charge in [0.1, 0.15) is 17.3 Å². The molecule has 1 unspecified atom stereocenters. The molecule has 5 aromatic rings. The predicted molar refractivity (Wildman–Crippen MR) is 154 cm³/mol. The highest BCUT2D eigenvalue weighted by atomic mass is 19.4. The summed E-state index contributed by atoms with van der Waals surface area (Å²) in [5.41, 5.74) is 3.15. The van der Waals surface area contributed by atoms with Crippen LogP contribution in [0.15, 0.2) is 76.6 Å². The number of aromatic nitrogens is 5. The Balaban J connectivity index is 1.37. The summed E-state index contributed by atoms with van der Waals surface area (Å²) in [4.78, 5) is 44.0. The maximum atomic E-state index is 15.1. The van der Waals surface area contributed by atoms with Crippen molar-refractivity contribution >= 4 is 28.2 Å². The van der Waals surface area contributed by atoms with Crippen LogP contribution in [0.25, 0.3) is 16.5 Å². The number of pyridine rings is 1. The van der Waals surface area contributed by atoms with E-state index in [1.165, 1.54) is 47.3 Å². The number of hydrogen-bond donors (Lipinski definition) is 3. The van der Waals surface area contributed by atoms with E-state index in [9.17, 15) is 27.6 Å². The van der Waals surface area contributed by atoms with Crippen LogP contribution in [0.2, 0.25) is 0 Å². The minimum atomic E-state index is -4.87. The highest BCUT2D eigenvalue weighted by Crippen LogP contribution is 2.37. The third-order valence-electron chi connectivity index (χ3n) is 7.61. The Labute approximate surface area is 246 Å². The van der Waals surface area contributed by atoms with Crippen molar-refractivity contribution in [2.45, 2.75) is 37.9 Å². The number of aromatic amines is 1. The number of alkyl halides is 3. The third-order valence-corrected chi connectivity index (χ3v) is 7.61. The number of carbonyl (C=O) groups excluding carboxylic acids is 1. The van der Waals surface area contributed by atoms with Crippen LogP contribution >= 0.6 is 0 Å². The maximum absolute atomic E-state index is 15.1. The zero-order valence-electron chi connectivity index (χ0n) is 22.9. The fourth-order valence-electron chi connectivity index (χ4n) is 5.16. The molecule has 0 saturated heterocycles. The summed E-state index contributed by atoms with van der Waals surface area (Å²) in [7, 11) is 0. The topological polar surface area (TPSA) is 141 Å².